The summed E-state index contributed by atoms with van der Waals surface area (Å²) in [4.78, 5) is 12.9. The molecule has 0 aliphatic heterocycles. The van der Waals surface area contributed by atoms with Gasteiger partial charge in [-0.2, -0.15) is 0 Å². The lowest BCUT2D eigenvalue weighted by Gasteiger charge is -2.17. The largest absolute Gasteiger partial charge is 0.385 e. The van der Waals surface area contributed by atoms with E-state index in [1.807, 2.05) is 12.1 Å². The van der Waals surface area contributed by atoms with Gasteiger partial charge in [-0.15, -0.1) is 0 Å². The van der Waals surface area contributed by atoms with Crippen LogP contribution in [0.25, 0.3) is 10.9 Å². The van der Waals surface area contributed by atoms with Gasteiger partial charge in [0.2, 0.25) is 5.91 Å². The Kier molecular flexibility index (Phi) is 7.76. The van der Waals surface area contributed by atoms with Crippen molar-refractivity contribution in [2.45, 2.75) is 32.2 Å². The molecule has 4 nitrogen and oxygen atoms in total. The smallest absolute Gasteiger partial charge is 0.220 e. The lowest BCUT2D eigenvalue weighted by atomic mass is 9.88. The number of nitrogens with zero attached hydrogens (tertiary/aromatic N) is 1. The van der Waals surface area contributed by atoms with Crippen LogP contribution in [0.2, 0.25) is 0 Å². The van der Waals surface area contributed by atoms with Gasteiger partial charge in [-0.05, 0) is 48.2 Å². The molecule has 0 spiro atoms. The fourth-order valence-corrected chi connectivity index (χ4v) is 4.38. The zero-order valence-electron chi connectivity index (χ0n) is 19.8. The van der Waals surface area contributed by atoms with Crippen LogP contribution >= 0.6 is 0 Å². The van der Waals surface area contributed by atoms with E-state index in [4.69, 9.17) is 4.74 Å². The van der Waals surface area contributed by atoms with Crippen LogP contribution in [0, 0.1) is 12.7 Å². The van der Waals surface area contributed by atoms with Crippen LogP contribution in [0.4, 0.5) is 4.39 Å². The highest BCUT2D eigenvalue weighted by atomic mass is 19.1. The number of carbonyl (C=O) groups is 1. The third-order valence-corrected chi connectivity index (χ3v) is 6.18. The van der Waals surface area contributed by atoms with E-state index in [0.29, 0.717) is 13.2 Å². The van der Waals surface area contributed by atoms with Crippen molar-refractivity contribution in [1.82, 2.24) is 9.88 Å². The van der Waals surface area contributed by atoms with Crippen molar-refractivity contribution in [1.29, 1.82) is 0 Å². The monoisotopic (exact) mass is 458 g/mol. The first-order valence-corrected chi connectivity index (χ1v) is 11.7. The number of para-hydroxylation sites is 1. The van der Waals surface area contributed by atoms with Gasteiger partial charge in [-0.3, -0.25) is 4.79 Å². The number of hydrogen-bond acceptors (Lipinski definition) is 2. The van der Waals surface area contributed by atoms with Gasteiger partial charge in [-0.25, -0.2) is 4.39 Å². The molecule has 3 aromatic carbocycles. The minimum Gasteiger partial charge on any atom is -0.385 e. The van der Waals surface area contributed by atoms with Crippen molar-refractivity contribution in [2.24, 2.45) is 0 Å². The number of fused-ring (bicyclic) bond motifs is 1. The molecule has 34 heavy (non-hydrogen) atoms. The van der Waals surface area contributed by atoms with E-state index < -0.39 is 0 Å². The van der Waals surface area contributed by atoms with E-state index >= 15 is 0 Å². The Morgan fingerprint density at radius 3 is 2.50 bits per heavy atom. The predicted molar refractivity (Wildman–Crippen MR) is 135 cm³/mol. The standard InChI is InChI=1S/C29H31FN2O2/c1-21-8-10-22(11-9-21)19-32-20-27(25-6-3-4-7-28(25)32)26(23-12-14-24(30)15-13-23)18-29(33)31-16-5-17-34-2/h3-4,6-15,20,26H,5,16-19H2,1-2H3,(H,31,33)/t26-/m1/s1. The summed E-state index contributed by atoms with van der Waals surface area (Å²) in [5.41, 5.74) is 5.56. The summed E-state index contributed by atoms with van der Waals surface area (Å²) >= 11 is 0. The van der Waals surface area contributed by atoms with Gasteiger partial charge < -0.3 is 14.6 Å². The van der Waals surface area contributed by atoms with Crippen molar-refractivity contribution in [3.05, 3.63) is 107 Å². The molecule has 0 saturated carbocycles. The first kappa shape index (κ1) is 23.7. The molecular formula is C29H31FN2O2. The van der Waals surface area contributed by atoms with Gasteiger partial charge in [0, 0.05) is 56.2 Å². The number of hydrogen-bond donors (Lipinski definition) is 1. The van der Waals surface area contributed by atoms with E-state index in [2.05, 4.69) is 59.4 Å². The highest BCUT2D eigenvalue weighted by molar-refractivity contribution is 5.86. The molecule has 0 radical (unpaired) electrons. The maximum atomic E-state index is 13.7. The number of amides is 1. The van der Waals surface area contributed by atoms with Crippen LogP contribution in [0.15, 0.2) is 79.0 Å². The van der Waals surface area contributed by atoms with Gasteiger partial charge in [0.05, 0.1) is 0 Å². The Bertz CT molecular complexity index is 1230. The maximum absolute atomic E-state index is 13.7. The molecule has 0 saturated heterocycles. The van der Waals surface area contributed by atoms with E-state index in [1.54, 1.807) is 19.2 Å². The second-order valence-electron chi connectivity index (χ2n) is 8.72. The van der Waals surface area contributed by atoms with E-state index in [1.165, 1.54) is 23.3 Å². The maximum Gasteiger partial charge on any atom is 0.220 e. The van der Waals surface area contributed by atoms with Crippen molar-refractivity contribution in [2.75, 3.05) is 20.3 Å². The quantitative estimate of drug-likeness (QED) is 0.305. The first-order valence-electron chi connectivity index (χ1n) is 11.7. The fourth-order valence-electron chi connectivity index (χ4n) is 4.38. The molecular weight excluding hydrogens is 427 g/mol. The van der Waals surface area contributed by atoms with Crippen LogP contribution in [-0.2, 0) is 16.1 Å². The molecule has 1 aromatic heterocycles. The minimum atomic E-state index is -0.284. The Hall–Kier alpha value is -3.44. The average molecular weight is 459 g/mol. The number of aryl methyl sites for hydroxylation is 1. The van der Waals surface area contributed by atoms with Crippen molar-refractivity contribution in [3.63, 3.8) is 0 Å². The Balaban J connectivity index is 1.69. The lowest BCUT2D eigenvalue weighted by molar-refractivity contribution is -0.121. The van der Waals surface area contributed by atoms with Crippen LogP contribution in [-0.4, -0.2) is 30.7 Å². The third kappa shape index (κ3) is 5.72. The van der Waals surface area contributed by atoms with E-state index in [0.717, 1.165) is 35.0 Å². The Morgan fingerprint density at radius 2 is 1.76 bits per heavy atom. The third-order valence-electron chi connectivity index (χ3n) is 6.18. The second kappa shape index (κ2) is 11.1. The number of halogens is 1. The number of rotatable bonds is 10. The average Bonchev–Trinajstić information content (AvgIpc) is 3.20. The van der Waals surface area contributed by atoms with Gasteiger partial charge in [0.25, 0.3) is 0 Å². The lowest BCUT2D eigenvalue weighted by Crippen LogP contribution is -2.27. The molecule has 5 heteroatoms. The molecule has 0 fully saturated rings. The number of benzene rings is 3. The molecule has 0 aliphatic carbocycles. The van der Waals surface area contributed by atoms with Crippen molar-refractivity contribution >= 4 is 16.8 Å². The molecule has 4 rings (SSSR count). The van der Waals surface area contributed by atoms with Crippen LogP contribution in [0.3, 0.4) is 0 Å². The fraction of sp³-hybridized carbons (Fsp3) is 0.276. The summed E-state index contributed by atoms with van der Waals surface area (Å²) in [6.45, 7) is 3.99. The summed E-state index contributed by atoms with van der Waals surface area (Å²) in [6, 6.07) is 23.3. The summed E-state index contributed by atoms with van der Waals surface area (Å²) in [5, 5.41) is 4.11. The highest BCUT2D eigenvalue weighted by Gasteiger charge is 2.23. The van der Waals surface area contributed by atoms with Crippen LogP contribution < -0.4 is 5.32 Å². The van der Waals surface area contributed by atoms with Gasteiger partial charge in [-0.1, -0.05) is 60.2 Å². The van der Waals surface area contributed by atoms with Crippen molar-refractivity contribution in [3.8, 4) is 0 Å². The molecule has 176 valence electrons. The number of ether oxygens (including phenoxy) is 1. The number of methoxy groups -OCH3 is 1. The molecule has 4 aromatic rings. The molecule has 0 bridgehead atoms. The van der Waals surface area contributed by atoms with Gasteiger partial charge >= 0.3 is 0 Å². The molecule has 0 aliphatic rings. The summed E-state index contributed by atoms with van der Waals surface area (Å²) in [5.74, 6) is -0.499. The number of nitrogens with one attached hydrogen (secondary N) is 1. The first-order chi connectivity index (χ1) is 16.5. The van der Waals surface area contributed by atoms with Gasteiger partial charge in [0.1, 0.15) is 5.82 Å². The molecule has 0 unspecified atom stereocenters. The molecule has 1 N–H and O–H groups in total. The summed E-state index contributed by atoms with van der Waals surface area (Å²) in [7, 11) is 1.65. The van der Waals surface area contributed by atoms with Crippen molar-refractivity contribution < 1.29 is 13.9 Å². The highest BCUT2D eigenvalue weighted by Crippen LogP contribution is 2.35. The SMILES string of the molecule is COCCCNC(=O)C[C@H](c1ccc(F)cc1)c1cn(Cc2ccc(C)cc2)c2ccccc12. The molecule has 1 atom stereocenters. The number of aromatic nitrogens is 1. The Morgan fingerprint density at radius 1 is 1.03 bits per heavy atom. The van der Waals surface area contributed by atoms with Gasteiger partial charge in [0.15, 0.2) is 0 Å². The molecule has 1 heterocycles. The van der Waals surface area contributed by atoms with E-state index in [-0.39, 0.29) is 24.1 Å². The second-order valence-corrected chi connectivity index (χ2v) is 8.72. The number of carbonyl (C=O) groups excluding carboxylic acids is 1. The molecule has 1 amide bonds. The Labute approximate surface area is 200 Å². The van der Waals surface area contributed by atoms with Crippen LogP contribution in [0.1, 0.15) is 41.0 Å². The van der Waals surface area contributed by atoms with Crippen LogP contribution in [0.5, 0.6) is 0 Å². The van der Waals surface area contributed by atoms with E-state index in [9.17, 15) is 9.18 Å². The summed E-state index contributed by atoms with van der Waals surface area (Å²) in [6.07, 6.45) is 3.20. The predicted octanol–water partition coefficient (Wildman–Crippen LogP) is 5.81. The normalized spacial score (nSPS) is 12.1. The zero-order valence-corrected chi connectivity index (χ0v) is 19.8. The minimum absolute atomic E-state index is 0.0270. The topological polar surface area (TPSA) is 43.3 Å². The zero-order chi connectivity index (χ0) is 23.9. The summed E-state index contributed by atoms with van der Waals surface area (Å²) < 4.78 is 21.0.